The van der Waals surface area contributed by atoms with Gasteiger partial charge in [-0.15, -0.1) is 10.2 Å². The van der Waals surface area contributed by atoms with Crippen LogP contribution < -0.4 is 4.90 Å². The standard InChI is InChI=1S/C12H13N7O2/c1-16(12-11(19(20)21)13-8-17(12)2)7-10-15-14-9-5-3-4-6-18(9)10/h3-6,8H,7H2,1-2H3. The minimum atomic E-state index is -0.492. The summed E-state index contributed by atoms with van der Waals surface area (Å²) in [6.07, 6.45) is 3.28. The summed E-state index contributed by atoms with van der Waals surface area (Å²) in [5.41, 5.74) is 0.736. The third-order valence-electron chi connectivity index (χ3n) is 3.18. The lowest BCUT2D eigenvalue weighted by Gasteiger charge is -2.17. The van der Waals surface area contributed by atoms with Crippen molar-refractivity contribution in [3.05, 3.63) is 46.7 Å². The normalized spacial score (nSPS) is 11.0. The Hall–Kier alpha value is -2.97. The number of imidazole rings is 1. The van der Waals surface area contributed by atoms with Crippen LogP contribution in [0.4, 0.5) is 11.6 Å². The number of fused-ring (bicyclic) bond motifs is 1. The van der Waals surface area contributed by atoms with Gasteiger partial charge in [0.05, 0.1) is 6.54 Å². The maximum absolute atomic E-state index is 11.0. The van der Waals surface area contributed by atoms with Crippen molar-refractivity contribution in [1.82, 2.24) is 24.1 Å². The van der Waals surface area contributed by atoms with Gasteiger partial charge in [-0.3, -0.25) is 8.97 Å². The maximum atomic E-state index is 11.0. The van der Waals surface area contributed by atoms with Gasteiger partial charge >= 0.3 is 5.82 Å². The van der Waals surface area contributed by atoms with Gasteiger partial charge in [0.2, 0.25) is 12.1 Å². The van der Waals surface area contributed by atoms with Gasteiger partial charge in [-0.2, -0.15) is 0 Å². The van der Waals surface area contributed by atoms with Gasteiger partial charge in [0, 0.05) is 20.3 Å². The predicted molar refractivity (Wildman–Crippen MR) is 75.0 cm³/mol. The summed E-state index contributed by atoms with van der Waals surface area (Å²) in [5.74, 6) is 0.949. The monoisotopic (exact) mass is 287 g/mol. The number of anilines is 1. The Labute approximate surface area is 119 Å². The lowest BCUT2D eigenvalue weighted by molar-refractivity contribution is -0.388. The van der Waals surface area contributed by atoms with Crippen LogP contribution in [0.5, 0.6) is 0 Å². The van der Waals surface area contributed by atoms with Crippen LogP contribution in [-0.4, -0.2) is 36.1 Å². The lowest BCUT2D eigenvalue weighted by Crippen LogP contribution is -2.21. The number of hydrogen-bond acceptors (Lipinski definition) is 6. The average molecular weight is 287 g/mol. The Bertz CT molecular complexity index is 807. The second kappa shape index (κ2) is 4.85. The summed E-state index contributed by atoms with van der Waals surface area (Å²) in [4.78, 5) is 16.1. The number of aryl methyl sites for hydroxylation is 1. The fourth-order valence-electron chi connectivity index (χ4n) is 2.27. The first-order valence-corrected chi connectivity index (χ1v) is 6.23. The van der Waals surface area contributed by atoms with E-state index < -0.39 is 4.92 Å². The molecule has 0 fully saturated rings. The third-order valence-corrected chi connectivity index (χ3v) is 3.18. The Morgan fingerprint density at radius 2 is 2.19 bits per heavy atom. The summed E-state index contributed by atoms with van der Waals surface area (Å²) in [7, 11) is 3.47. The minimum Gasteiger partial charge on any atom is -0.358 e. The molecule has 3 aromatic rings. The van der Waals surface area contributed by atoms with Gasteiger partial charge < -0.3 is 15.0 Å². The van der Waals surface area contributed by atoms with Crippen LogP contribution >= 0.6 is 0 Å². The third kappa shape index (κ3) is 2.18. The summed E-state index contributed by atoms with van der Waals surface area (Å²) < 4.78 is 3.46. The molecule has 3 heterocycles. The molecule has 0 aliphatic heterocycles. The molecule has 0 amide bonds. The van der Waals surface area contributed by atoms with E-state index >= 15 is 0 Å². The summed E-state index contributed by atoms with van der Waals surface area (Å²) in [6.45, 7) is 0.381. The molecule has 0 saturated carbocycles. The number of hydrogen-bond donors (Lipinski definition) is 0. The SMILES string of the molecule is CN(Cc1nnc2ccccn12)c1c([N+](=O)[O-])ncn1C. The maximum Gasteiger partial charge on any atom is 0.406 e. The molecular weight excluding hydrogens is 274 g/mol. The van der Waals surface area contributed by atoms with E-state index in [9.17, 15) is 10.1 Å². The second-order valence-electron chi connectivity index (χ2n) is 4.66. The Balaban J connectivity index is 1.95. The van der Waals surface area contributed by atoms with Crippen LogP contribution in [0.1, 0.15) is 5.82 Å². The minimum absolute atomic E-state index is 0.172. The predicted octanol–water partition coefficient (Wildman–Crippen LogP) is 1.01. The highest BCUT2D eigenvalue weighted by atomic mass is 16.6. The molecule has 0 N–H and O–H groups in total. The molecule has 0 aromatic carbocycles. The highest BCUT2D eigenvalue weighted by molar-refractivity contribution is 5.54. The molecule has 0 aliphatic carbocycles. The number of nitrogens with zero attached hydrogens (tertiary/aromatic N) is 7. The van der Waals surface area contributed by atoms with Crippen molar-refractivity contribution < 1.29 is 4.92 Å². The second-order valence-corrected chi connectivity index (χ2v) is 4.66. The topological polar surface area (TPSA) is 94.4 Å². The molecule has 0 radical (unpaired) electrons. The molecule has 108 valence electrons. The fourth-order valence-corrected chi connectivity index (χ4v) is 2.27. The largest absolute Gasteiger partial charge is 0.406 e. The highest BCUT2D eigenvalue weighted by Crippen LogP contribution is 2.25. The molecule has 0 spiro atoms. The zero-order valence-corrected chi connectivity index (χ0v) is 11.5. The van der Waals surface area contributed by atoms with Crippen LogP contribution in [0.3, 0.4) is 0 Å². The van der Waals surface area contributed by atoms with Gasteiger partial charge in [-0.05, 0) is 22.0 Å². The van der Waals surface area contributed by atoms with Crippen LogP contribution in [0.2, 0.25) is 0 Å². The first kappa shape index (κ1) is 13.0. The van der Waals surface area contributed by atoms with Gasteiger partial charge in [0.25, 0.3) is 0 Å². The number of aromatic nitrogens is 5. The Kier molecular flexibility index (Phi) is 3.01. The van der Waals surface area contributed by atoms with E-state index in [0.29, 0.717) is 18.2 Å². The molecular formula is C12H13N7O2. The molecule has 9 heteroatoms. The molecule has 9 nitrogen and oxygen atoms in total. The fraction of sp³-hybridized carbons (Fsp3) is 0.250. The number of nitro groups is 1. The van der Waals surface area contributed by atoms with E-state index in [1.807, 2.05) is 28.8 Å². The van der Waals surface area contributed by atoms with Crippen molar-refractivity contribution in [2.75, 3.05) is 11.9 Å². The molecule has 3 rings (SSSR count). The van der Waals surface area contributed by atoms with Crippen LogP contribution in [0, 0.1) is 10.1 Å². The van der Waals surface area contributed by atoms with E-state index in [1.165, 1.54) is 6.33 Å². The van der Waals surface area contributed by atoms with E-state index in [2.05, 4.69) is 15.2 Å². The van der Waals surface area contributed by atoms with E-state index in [-0.39, 0.29) is 5.82 Å². The van der Waals surface area contributed by atoms with Gasteiger partial charge in [-0.25, -0.2) is 0 Å². The van der Waals surface area contributed by atoms with Crippen molar-refractivity contribution in [2.24, 2.45) is 7.05 Å². The van der Waals surface area contributed by atoms with Crippen molar-refractivity contribution in [3.63, 3.8) is 0 Å². The molecule has 0 bridgehead atoms. The Morgan fingerprint density at radius 1 is 1.38 bits per heavy atom. The highest BCUT2D eigenvalue weighted by Gasteiger charge is 2.24. The average Bonchev–Trinajstić information content (AvgIpc) is 3.03. The van der Waals surface area contributed by atoms with Gasteiger partial charge in [-0.1, -0.05) is 6.07 Å². The van der Waals surface area contributed by atoms with E-state index in [4.69, 9.17) is 0 Å². The van der Waals surface area contributed by atoms with E-state index in [1.54, 1.807) is 23.6 Å². The number of rotatable bonds is 4. The van der Waals surface area contributed by atoms with Crippen LogP contribution in [0.15, 0.2) is 30.7 Å². The van der Waals surface area contributed by atoms with Crippen LogP contribution in [-0.2, 0) is 13.6 Å². The molecule has 3 aromatic heterocycles. The van der Waals surface area contributed by atoms with Crippen molar-refractivity contribution in [2.45, 2.75) is 6.54 Å². The van der Waals surface area contributed by atoms with E-state index in [0.717, 1.165) is 5.65 Å². The quantitative estimate of drug-likeness (QED) is 0.525. The molecule has 21 heavy (non-hydrogen) atoms. The first-order chi connectivity index (χ1) is 10.1. The smallest absolute Gasteiger partial charge is 0.358 e. The van der Waals surface area contributed by atoms with Gasteiger partial charge in [0.1, 0.15) is 0 Å². The summed E-state index contributed by atoms with van der Waals surface area (Å²) in [5, 5.41) is 19.2. The molecule has 0 unspecified atom stereocenters. The van der Waals surface area contributed by atoms with Crippen molar-refractivity contribution >= 4 is 17.3 Å². The zero-order chi connectivity index (χ0) is 15.0. The summed E-state index contributed by atoms with van der Waals surface area (Å²) in [6, 6.07) is 5.61. The molecule has 0 saturated heterocycles. The summed E-state index contributed by atoms with van der Waals surface area (Å²) >= 11 is 0. The Morgan fingerprint density at radius 3 is 2.95 bits per heavy atom. The number of pyridine rings is 1. The molecule has 0 aliphatic rings. The van der Waals surface area contributed by atoms with Crippen molar-refractivity contribution in [3.8, 4) is 0 Å². The first-order valence-electron chi connectivity index (χ1n) is 6.23. The van der Waals surface area contributed by atoms with Gasteiger partial charge in [0.15, 0.2) is 11.5 Å². The van der Waals surface area contributed by atoms with Crippen molar-refractivity contribution in [1.29, 1.82) is 0 Å². The van der Waals surface area contributed by atoms with Crippen LogP contribution in [0.25, 0.3) is 5.65 Å². The molecule has 0 atom stereocenters. The zero-order valence-electron chi connectivity index (χ0n) is 11.5. The lowest BCUT2D eigenvalue weighted by atomic mass is 10.4.